The predicted octanol–water partition coefficient (Wildman–Crippen LogP) is 5.22. The highest BCUT2D eigenvalue weighted by Gasteiger charge is 2.42. The molecule has 12 heteroatoms. The summed E-state index contributed by atoms with van der Waals surface area (Å²) in [5, 5.41) is 16.9. The van der Waals surface area contributed by atoms with Crippen molar-refractivity contribution in [2.75, 3.05) is 35.7 Å². The molecule has 41 heavy (non-hydrogen) atoms. The van der Waals surface area contributed by atoms with Crippen molar-refractivity contribution in [3.05, 3.63) is 30.6 Å². The van der Waals surface area contributed by atoms with Crippen molar-refractivity contribution < 1.29 is 19.4 Å². The number of ether oxygens (including phenoxy) is 1. The molecule has 0 aliphatic carbocycles. The number of fused-ring (bicyclic) bond motifs is 1. The number of carboxylic acid groups (broad SMARTS) is 1. The maximum atomic E-state index is 12.2. The third-order valence-electron chi connectivity index (χ3n) is 7.96. The minimum atomic E-state index is -0.913. The summed E-state index contributed by atoms with van der Waals surface area (Å²) in [6, 6.07) is 7.04. The van der Waals surface area contributed by atoms with Crippen LogP contribution in [0.15, 0.2) is 30.6 Å². The van der Waals surface area contributed by atoms with Gasteiger partial charge in [0.05, 0.1) is 12.4 Å². The van der Waals surface area contributed by atoms with E-state index in [4.69, 9.17) is 19.7 Å². The van der Waals surface area contributed by atoms with Crippen LogP contribution in [0.2, 0.25) is 0 Å². The number of piperidine rings is 1. The lowest BCUT2D eigenvalue weighted by Gasteiger charge is -2.47. The average Bonchev–Trinajstić information content (AvgIpc) is 3.37. The summed E-state index contributed by atoms with van der Waals surface area (Å²) in [6.07, 6.45) is 5.19. The number of amides is 2. The van der Waals surface area contributed by atoms with E-state index < -0.39 is 6.09 Å². The topological polar surface area (TPSA) is 138 Å². The van der Waals surface area contributed by atoms with Gasteiger partial charge in [-0.25, -0.2) is 9.78 Å². The fraction of sp³-hybridized carbons (Fsp3) is 0.552. The van der Waals surface area contributed by atoms with Crippen LogP contribution in [-0.4, -0.2) is 73.8 Å². The molecular weight excluding hydrogens is 524 g/mol. The number of aromatic nitrogens is 4. The van der Waals surface area contributed by atoms with Crippen LogP contribution in [-0.2, 0) is 9.53 Å². The maximum Gasteiger partial charge on any atom is 0.407 e. The maximum absolute atomic E-state index is 12.2. The monoisotopic (exact) mass is 564 g/mol. The third-order valence-corrected chi connectivity index (χ3v) is 7.96. The highest BCUT2D eigenvalue weighted by atomic mass is 16.5. The van der Waals surface area contributed by atoms with E-state index in [0.717, 1.165) is 43.5 Å². The lowest BCUT2D eigenvalue weighted by atomic mass is 9.77. The molecule has 0 saturated carbocycles. The Hall–Kier alpha value is -3.93. The third kappa shape index (κ3) is 6.07. The number of nitrogens with zero attached hydrogens (tertiary/aromatic N) is 6. The number of benzene rings is 1. The van der Waals surface area contributed by atoms with Gasteiger partial charge in [-0.2, -0.15) is 9.97 Å². The fourth-order valence-corrected chi connectivity index (χ4v) is 5.91. The van der Waals surface area contributed by atoms with Crippen LogP contribution in [0.5, 0.6) is 0 Å². The molecule has 2 aromatic heterocycles. The van der Waals surface area contributed by atoms with E-state index in [9.17, 15) is 14.7 Å². The highest BCUT2D eigenvalue weighted by molar-refractivity contribution is 5.91. The number of hydrogen-bond acceptors (Lipinski definition) is 8. The molecule has 4 heterocycles. The lowest BCUT2D eigenvalue weighted by molar-refractivity contribution is -0.116. The fourth-order valence-electron chi connectivity index (χ4n) is 5.91. The molecule has 3 unspecified atom stereocenters. The summed E-state index contributed by atoms with van der Waals surface area (Å²) >= 11 is 0. The summed E-state index contributed by atoms with van der Waals surface area (Å²) in [5.74, 6) is 0.876. The van der Waals surface area contributed by atoms with Gasteiger partial charge >= 0.3 is 6.09 Å². The van der Waals surface area contributed by atoms with Crippen LogP contribution in [0.3, 0.4) is 0 Å². The van der Waals surface area contributed by atoms with Gasteiger partial charge in [0, 0.05) is 44.5 Å². The zero-order valence-corrected chi connectivity index (χ0v) is 24.4. The number of hydrogen-bond donors (Lipinski definition) is 3. The van der Waals surface area contributed by atoms with Gasteiger partial charge in [-0.3, -0.25) is 9.36 Å². The Morgan fingerprint density at radius 1 is 1.10 bits per heavy atom. The molecule has 3 N–H and O–H groups in total. The number of carbonyl (C=O) groups excluding carboxylic acids is 1. The zero-order chi connectivity index (χ0) is 29.3. The van der Waals surface area contributed by atoms with Gasteiger partial charge < -0.3 is 30.3 Å². The van der Waals surface area contributed by atoms with E-state index in [0.29, 0.717) is 36.1 Å². The number of rotatable bonds is 6. The molecule has 0 spiro atoms. The Kier molecular flexibility index (Phi) is 8.03. The first-order chi connectivity index (χ1) is 19.5. The van der Waals surface area contributed by atoms with Crippen LogP contribution in [0, 0.1) is 5.41 Å². The van der Waals surface area contributed by atoms with Gasteiger partial charge in [0.2, 0.25) is 11.9 Å². The molecule has 2 aliphatic rings. The Balaban J connectivity index is 1.52. The first-order valence-corrected chi connectivity index (χ1v) is 14.3. The molecule has 2 saturated heterocycles. The molecule has 1 aromatic carbocycles. The number of anilines is 4. The molecule has 2 fully saturated rings. The molecule has 0 bridgehead atoms. The van der Waals surface area contributed by atoms with E-state index in [1.54, 1.807) is 23.2 Å². The van der Waals surface area contributed by atoms with E-state index in [1.165, 1.54) is 6.92 Å². The van der Waals surface area contributed by atoms with Gasteiger partial charge in [-0.05, 0) is 61.8 Å². The lowest BCUT2D eigenvalue weighted by Crippen LogP contribution is -2.58. The normalized spacial score (nSPS) is 21.5. The number of nitrogens with one attached hydrogen (secondary N) is 2. The summed E-state index contributed by atoms with van der Waals surface area (Å²) in [6.45, 7) is 8.92. The zero-order valence-electron chi connectivity index (χ0n) is 24.4. The molecule has 2 aliphatic heterocycles. The molecule has 220 valence electrons. The molecule has 5 rings (SSSR count). The Morgan fingerprint density at radius 3 is 2.49 bits per heavy atom. The summed E-state index contributed by atoms with van der Waals surface area (Å²) in [7, 11) is 1.73. The quantitative estimate of drug-likeness (QED) is 0.368. The number of likely N-dealkylation sites (tertiary alicyclic amines) is 1. The Morgan fingerprint density at radius 2 is 1.85 bits per heavy atom. The van der Waals surface area contributed by atoms with Crippen molar-refractivity contribution in [1.29, 1.82) is 0 Å². The van der Waals surface area contributed by atoms with Crippen LogP contribution >= 0.6 is 0 Å². The Labute approximate surface area is 240 Å². The minimum absolute atomic E-state index is 0.0499. The first kappa shape index (κ1) is 28.6. The van der Waals surface area contributed by atoms with Gasteiger partial charge in [-0.15, -0.1) is 0 Å². The first-order valence-electron chi connectivity index (χ1n) is 14.3. The molecule has 0 radical (unpaired) electrons. The van der Waals surface area contributed by atoms with Crippen molar-refractivity contribution in [1.82, 2.24) is 24.4 Å². The van der Waals surface area contributed by atoms with Gasteiger partial charge in [0.1, 0.15) is 6.23 Å². The van der Waals surface area contributed by atoms with Crippen molar-refractivity contribution in [3.8, 4) is 0 Å². The predicted molar refractivity (Wildman–Crippen MR) is 158 cm³/mol. The van der Waals surface area contributed by atoms with Crippen LogP contribution in [0.1, 0.15) is 66.0 Å². The standard InChI is InChI=1S/C29H40N8O4/c1-18(38)35(5)20-13-11-19(12-14-20)31-27-33-25(23-26(34-27)37(17-30-23)22-10-6-7-16-41-22)32-21-9-8-15-36(28(39)40)24(21)29(2,3)4/h11-14,17,21-22,24H,6-10,15-16H2,1-5H3,(H,39,40)(H2,31,32,33,34). The van der Waals surface area contributed by atoms with E-state index in [-0.39, 0.29) is 29.6 Å². The highest BCUT2D eigenvalue weighted by Crippen LogP contribution is 2.36. The van der Waals surface area contributed by atoms with E-state index in [1.807, 2.05) is 28.8 Å². The largest absolute Gasteiger partial charge is 0.465 e. The van der Waals surface area contributed by atoms with Crippen LogP contribution < -0.4 is 15.5 Å². The molecule has 2 amide bonds. The van der Waals surface area contributed by atoms with E-state index in [2.05, 4.69) is 31.4 Å². The van der Waals surface area contributed by atoms with Gasteiger partial charge in [0.15, 0.2) is 17.0 Å². The molecule has 3 aromatic rings. The van der Waals surface area contributed by atoms with Crippen LogP contribution in [0.4, 0.5) is 27.9 Å². The number of imidazole rings is 1. The van der Waals surface area contributed by atoms with Gasteiger partial charge in [-0.1, -0.05) is 20.8 Å². The molecule has 12 nitrogen and oxygen atoms in total. The summed E-state index contributed by atoms with van der Waals surface area (Å²) < 4.78 is 8.01. The second-order valence-electron chi connectivity index (χ2n) is 12.0. The smallest absolute Gasteiger partial charge is 0.407 e. The molecular formula is C29H40N8O4. The Bertz CT molecular complexity index is 1390. The summed E-state index contributed by atoms with van der Waals surface area (Å²) in [5.41, 5.74) is 2.50. The van der Waals surface area contributed by atoms with Crippen molar-refractivity contribution in [2.45, 2.75) is 78.1 Å². The van der Waals surface area contributed by atoms with Crippen molar-refractivity contribution in [2.24, 2.45) is 5.41 Å². The van der Waals surface area contributed by atoms with E-state index >= 15 is 0 Å². The second-order valence-corrected chi connectivity index (χ2v) is 12.0. The summed E-state index contributed by atoms with van der Waals surface area (Å²) in [4.78, 5) is 41.4. The SMILES string of the molecule is CC(=O)N(C)c1ccc(Nc2nc(NC3CCCN(C(=O)O)C3C(C)(C)C)c3ncn(C4CCCCO4)c3n2)cc1. The number of carbonyl (C=O) groups is 2. The average molecular weight is 565 g/mol. The minimum Gasteiger partial charge on any atom is -0.465 e. The van der Waals surface area contributed by atoms with Crippen molar-refractivity contribution >= 4 is 46.3 Å². The molecule has 3 atom stereocenters. The second kappa shape index (κ2) is 11.5. The van der Waals surface area contributed by atoms with Gasteiger partial charge in [0.25, 0.3) is 0 Å². The van der Waals surface area contributed by atoms with Crippen LogP contribution in [0.25, 0.3) is 11.2 Å². The van der Waals surface area contributed by atoms with Crippen molar-refractivity contribution in [3.63, 3.8) is 0 Å².